The van der Waals surface area contributed by atoms with Gasteiger partial charge in [0.2, 0.25) is 0 Å². The average molecular weight is 377 g/mol. The molecule has 0 aliphatic carbocycles. The van der Waals surface area contributed by atoms with Crippen LogP contribution in [0.1, 0.15) is 13.8 Å². The van der Waals surface area contributed by atoms with Gasteiger partial charge in [0.15, 0.2) is 0 Å². The first kappa shape index (κ1) is 14.7. The van der Waals surface area contributed by atoms with Gasteiger partial charge >= 0.3 is 0 Å². The lowest BCUT2D eigenvalue weighted by Crippen LogP contribution is -2.57. The van der Waals surface area contributed by atoms with Crippen LogP contribution in [0.25, 0.3) is 0 Å². The van der Waals surface area contributed by atoms with Crippen molar-refractivity contribution in [3.8, 4) is 0 Å². The summed E-state index contributed by atoms with van der Waals surface area (Å²) in [6.07, 6.45) is 1.47. The van der Waals surface area contributed by atoms with Gasteiger partial charge in [0.1, 0.15) is 9.39 Å². The highest BCUT2D eigenvalue weighted by Crippen LogP contribution is 2.20. The van der Waals surface area contributed by atoms with Gasteiger partial charge in [-0.05, 0) is 36.4 Å². The molecule has 0 aromatic carbocycles. The summed E-state index contributed by atoms with van der Waals surface area (Å²) in [5.41, 5.74) is 5.77. The lowest BCUT2D eigenvalue weighted by molar-refractivity contribution is 0.119. The lowest BCUT2D eigenvalue weighted by Gasteiger charge is -2.43. The summed E-state index contributed by atoms with van der Waals surface area (Å²) in [4.78, 5) is 23.0. The largest absolute Gasteiger partial charge is 0.353 e. The number of nitrogens with two attached hydrogens (primary N) is 1. The van der Waals surface area contributed by atoms with E-state index in [0.29, 0.717) is 10.1 Å². The summed E-state index contributed by atoms with van der Waals surface area (Å²) in [6.45, 7) is 8.60. The monoisotopic (exact) mass is 377 g/mol. The van der Waals surface area contributed by atoms with Crippen LogP contribution >= 0.6 is 22.6 Å². The fourth-order valence-corrected chi connectivity index (χ4v) is 2.88. The van der Waals surface area contributed by atoms with Gasteiger partial charge in [0, 0.05) is 38.3 Å². The molecule has 0 bridgehead atoms. The van der Waals surface area contributed by atoms with Gasteiger partial charge in [-0.15, -0.1) is 0 Å². The highest BCUT2D eigenvalue weighted by molar-refractivity contribution is 14.1. The molecule has 0 atom stereocenters. The van der Waals surface area contributed by atoms with Crippen LogP contribution in [0.15, 0.2) is 11.1 Å². The van der Waals surface area contributed by atoms with E-state index in [-0.39, 0.29) is 11.1 Å². The quantitative estimate of drug-likeness (QED) is 0.738. The number of nitrogens with one attached hydrogen (secondary N) is 1. The Morgan fingerprint density at radius 3 is 2.63 bits per heavy atom. The van der Waals surface area contributed by atoms with E-state index >= 15 is 0 Å². The van der Waals surface area contributed by atoms with E-state index in [1.54, 1.807) is 0 Å². The molecule has 1 aliphatic rings. The van der Waals surface area contributed by atoms with Gasteiger partial charge in [-0.1, -0.05) is 0 Å². The zero-order chi connectivity index (χ0) is 14.0. The molecular weight excluding hydrogens is 357 g/mol. The standard InChI is InChI=1S/C12H20IN5O/c1-12(2,7-14)18-5-3-17(4-6-18)10-9(13)11(19)16-8-15-10/h8H,3-7,14H2,1-2H3,(H,15,16,19). The van der Waals surface area contributed by atoms with Crippen molar-refractivity contribution in [3.05, 3.63) is 20.3 Å². The minimum absolute atomic E-state index is 0.0286. The Balaban J connectivity index is 2.08. The van der Waals surface area contributed by atoms with Crippen molar-refractivity contribution in [1.82, 2.24) is 14.9 Å². The maximum Gasteiger partial charge on any atom is 0.266 e. The number of aromatic nitrogens is 2. The maximum absolute atomic E-state index is 11.6. The number of anilines is 1. The minimum atomic E-state index is -0.0738. The van der Waals surface area contributed by atoms with Crippen LogP contribution in [0.2, 0.25) is 0 Å². The molecule has 19 heavy (non-hydrogen) atoms. The van der Waals surface area contributed by atoms with Crippen LogP contribution in [-0.4, -0.2) is 53.1 Å². The molecule has 3 N–H and O–H groups in total. The van der Waals surface area contributed by atoms with E-state index in [0.717, 1.165) is 32.0 Å². The van der Waals surface area contributed by atoms with Crippen LogP contribution in [0.5, 0.6) is 0 Å². The van der Waals surface area contributed by atoms with Crippen molar-refractivity contribution >= 4 is 28.4 Å². The van der Waals surface area contributed by atoms with Gasteiger partial charge in [-0.2, -0.15) is 0 Å². The second-order valence-electron chi connectivity index (χ2n) is 5.36. The number of hydrogen-bond acceptors (Lipinski definition) is 5. The lowest BCUT2D eigenvalue weighted by atomic mass is 10.0. The molecule has 0 saturated carbocycles. The second kappa shape index (κ2) is 5.76. The first-order valence-electron chi connectivity index (χ1n) is 6.39. The van der Waals surface area contributed by atoms with Crippen molar-refractivity contribution in [3.63, 3.8) is 0 Å². The molecule has 1 saturated heterocycles. The molecule has 106 valence electrons. The third kappa shape index (κ3) is 3.09. The molecule has 0 unspecified atom stereocenters. The first-order chi connectivity index (χ1) is 8.95. The predicted octanol–water partition coefficient (Wildman–Crippen LogP) is 0.234. The van der Waals surface area contributed by atoms with Crippen molar-refractivity contribution in [2.45, 2.75) is 19.4 Å². The van der Waals surface area contributed by atoms with Crippen LogP contribution in [-0.2, 0) is 0 Å². The van der Waals surface area contributed by atoms with Gasteiger partial charge < -0.3 is 15.6 Å². The SMILES string of the molecule is CC(C)(CN)N1CCN(c2nc[nH]c(=O)c2I)CC1. The molecule has 1 fully saturated rings. The van der Waals surface area contributed by atoms with E-state index in [4.69, 9.17) is 5.73 Å². The van der Waals surface area contributed by atoms with Gasteiger partial charge in [0.25, 0.3) is 5.56 Å². The Morgan fingerprint density at radius 1 is 1.42 bits per heavy atom. The third-order valence-corrected chi connectivity index (χ3v) is 4.69. The van der Waals surface area contributed by atoms with E-state index in [1.807, 2.05) is 0 Å². The molecule has 2 heterocycles. The summed E-state index contributed by atoms with van der Waals surface area (Å²) < 4.78 is 0.659. The van der Waals surface area contributed by atoms with Crippen LogP contribution in [0.4, 0.5) is 5.82 Å². The number of nitrogens with zero attached hydrogens (tertiary/aromatic N) is 3. The first-order valence-corrected chi connectivity index (χ1v) is 7.47. The Labute approximate surface area is 126 Å². The molecule has 2 rings (SSSR count). The van der Waals surface area contributed by atoms with Gasteiger partial charge in [-0.25, -0.2) is 4.98 Å². The molecule has 1 aromatic rings. The molecular formula is C12H20IN5O. The van der Waals surface area contributed by atoms with E-state index in [9.17, 15) is 4.79 Å². The zero-order valence-electron chi connectivity index (χ0n) is 11.3. The Kier molecular flexibility index (Phi) is 4.46. The molecule has 1 aromatic heterocycles. The van der Waals surface area contributed by atoms with E-state index in [1.165, 1.54) is 6.33 Å². The summed E-state index contributed by atoms with van der Waals surface area (Å²) in [7, 11) is 0. The average Bonchev–Trinajstić information content (AvgIpc) is 2.42. The molecule has 0 spiro atoms. The number of piperazine rings is 1. The third-order valence-electron chi connectivity index (χ3n) is 3.71. The number of hydrogen-bond donors (Lipinski definition) is 2. The highest BCUT2D eigenvalue weighted by Gasteiger charge is 2.29. The summed E-state index contributed by atoms with van der Waals surface area (Å²) in [5, 5.41) is 0. The topological polar surface area (TPSA) is 78.2 Å². The molecule has 0 amide bonds. The Morgan fingerprint density at radius 2 is 2.05 bits per heavy atom. The van der Waals surface area contributed by atoms with E-state index in [2.05, 4.69) is 56.2 Å². The van der Waals surface area contributed by atoms with Crippen molar-refractivity contribution in [2.75, 3.05) is 37.6 Å². The number of aromatic amines is 1. The summed E-state index contributed by atoms with van der Waals surface area (Å²) in [6, 6.07) is 0. The number of H-pyrrole nitrogens is 1. The molecule has 0 radical (unpaired) electrons. The van der Waals surface area contributed by atoms with Gasteiger partial charge in [-0.3, -0.25) is 9.69 Å². The fraction of sp³-hybridized carbons (Fsp3) is 0.667. The predicted molar refractivity (Wildman–Crippen MR) is 84.5 cm³/mol. The smallest absolute Gasteiger partial charge is 0.266 e. The van der Waals surface area contributed by atoms with Crippen molar-refractivity contribution in [1.29, 1.82) is 0 Å². The number of halogens is 1. The highest BCUT2D eigenvalue weighted by atomic mass is 127. The number of rotatable bonds is 3. The van der Waals surface area contributed by atoms with Crippen LogP contribution in [0.3, 0.4) is 0 Å². The Hall–Kier alpha value is -0.670. The summed E-state index contributed by atoms with van der Waals surface area (Å²) in [5.74, 6) is 0.787. The van der Waals surface area contributed by atoms with Crippen molar-refractivity contribution in [2.24, 2.45) is 5.73 Å². The van der Waals surface area contributed by atoms with Gasteiger partial charge in [0.05, 0.1) is 6.33 Å². The maximum atomic E-state index is 11.6. The van der Waals surface area contributed by atoms with Crippen molar-refractivity contribution < 1.29 is 0 Å². The normalized spacial score (nSPS) is 17.8. The van der Waals surface area contributed by atoms with Crippen LogP contribution < -0.4 is 16.2 Å². The molecule has 7 heteroatoms. The second-order valence-corrected chi connectivity index (χ2v) is 6.44. The molecule has 1 aliphatic heterocycles. The summed E-state index contributed by atoms with van der Waals surface area (Å²) >= 11 is 2.05. The fourth-order valence-electron chi connectivity index (χ4n) is 2.25. The zero-order valence-corrected chi connectivity index (χ0v) is 13.5. The molecule has 6 nitrogen and oxygen atoms in total. The van der Waals surface area contributed by atoms with Crippen LogP contribution in [0, 0.1) is 3.57 Å². The van der Waals surface area contributed by atoms with E-state index < -0.39 is 0 Å². The Bertz CT molecular complexity index is 493. The minimum Gasteiger partial charge on any atom is -0.353 e.